The van der Waals surface area contributed by atoms with E-state index in [9.17, 15) is 4.79 Å². The van der Waals surface area contributed by atoms with E-state index in [1.165, 1.54) is 16.9 Å². The van der Waals surface area contributed by atoms with E-state index in [2.05, 4.69) is 20.4 Å². The highest BCUT2D eigenvalue weighted by molar-refractivity contribution is 6.12. The second kappa shape index (κ2) is 7.66. The molecule has 4 rings (SSSR count). The smallest absolute Gasteiger partial charge is 0.263 e. The third kappa shape index (κ3) is 3.68. The molecule has 142 valence electrons. The maximum Gasteiger partial charge on any atom is 0.263 e. The maximum atomic E-state index is 12.9. The minimum atomic E-state index is -0.496. The minimum Gasteiger partial charge on any atom is -0.455 e. The minimum absolute atomic E-state index is 0.0264. The molecule has 0 saturated carbocycles. The summed E-state index contributed by atoms with van der Waals surface area (Å²) in [6.07, 6.45) is 6.36. The topological polar surface area (TPSA) is 131 Å². The fourth-order valence-corrected chi connectivity index (χ4v) is 2.76. The van der Waals surface area contributed by atoms with E-state index < -0.39 is 5.91 Å². The Hall–Kier alpha value is -4.45. The number of nitrogens with two attached hydrogens (primary N) is 1. The summed E-state index contributed by atoms with van der Waals surface area (Å²) in [5.74, 6) is 0.581. The van der Waals surface area contributed by atoms with Crippen LogP contribution in [0.2, 0.25) is 0 Å². The molecule has 0 saturated heterocycles. The third-order valence-electron chi connectivity index (χ3n) is 4.06. The molecule has 1 amide bonds. The number of nitrogen functional groups attached to an aromatic ring is 1. The van der Waals surface area contributed by atoms with Crippen molar-refractivity contribution in [3.63, 3.8) is 0 Å². The Morgan fingerprint density at radius 3 is 2.86 bits per heavy atom. The van der Waals surface area contributed by atoms with Crippen LogP contribution in [0.5, 0.6) is 11.5 Å². The SMILES string of the molecule is N#CCc1cnc2c(C(=O)Nc3cnccc3Oc3ccccc3)c(N)nn2c1. The highest BCUT2D eigenvalue weighted by atomic mass is 16.5. The Kier molecular flexibility index (Phi) is 4.74. The van der Waals surface area contributed by atoms with Crippen LogP contribution in [0.4, 0.5) is 11.5 Å². The molecule has 3 N–H and O–H groups in total. The van der Waals surface area contributed by atoms with Gasteiger partial charge in [0.15, 0.2) is 17.2 Å². The number of hydrogen-bond donors (Lipinski definition) is 2. The van der Waals surface area contributed by atoms with Crippen LogP contribution in [0, 0.1) is 11.3 Å². The Morgan fingerprint density at radius 2 is 2.07 bits per heavy atom. The molecule has 9 heteroatoms. The van der Waals surface area contributed by atoms with Gasteiger partial charge in [-0.3, -0.25) is 9.78 Å². The number of para-hydroxylation sites is 1. The Labute approximate surface area is 165 Å². The number of nitriles is 1. The summed E-state index contributed by atoms with van der Waals surface area (Å²) in [5.41, 5.74) is 7.41. The molecule has 0 aliphatic heterocycles. The fraction of sp³-hybridized carbons (Fsp3) is 0.0500. The van der Waals surface area contributed by atoms with Gasteiger partial charge in [0.25, 0.3) is 5.91 Å². The molecule has 3 heterocycles. The van der Waals surface area contributed by atoms with Gasteiger partial charge in [-0.2, -0.15) is 5.26 Å². The lowest BCUT2D eigenvalue weighted by atomic mass is 10.2. The van der Waals surface area contributed by atoms with Crippen LogP contribution in [-0.4, -0.2) is 25.5 Å². The molecule has 0 aliphatic carbocycles. The van der Waals surface area contributed by atoms with Crippen molar-refractivity contribution in [2.75, 3.05) is 11.1 Å². The fourth-order valence-electron chi connectivity index (χ4n) is 2.76. The zero-order valence-electron chi connectivity index (χ0n) is 15.1. The van der Waals surface area contributed by atoms with Crippen molar-refractivity contribution >= 4 is 23.1 Å². The Bertz CT molecular complexity index is 1230. The van der Waals surface area contributed by atoms with E-state index in [4.69, 9.17) is 15.7 Å². The molecular weight excluding hydrogens is 370 g/mol. The van der Waals surface area contributed by atoms with Gasteiger partial charge < -0.3 is 15.8 Å². The Morgan fingerprint density at radius 1 is 1.24 bits per heavy atom. The van der Waals surface area contributed by atoms with Crippen molar-refractivity contribution in [1.29, 1.82) is 5.26 Å². The number of aromatic nitrogens is 4. The van der Waals surface area contributed by atoms with E-state index in [1.54, 1.807) is 30.6 Å². The summed E-state index contributed by atoms with van der Waals surface area (Å²) in [4.78, 5) is 21.2. The number of rotatable bonds is 5. The molecule has 0 aliphatic rings. The van der Waals surface area contributed by atoms with Crippen molar-refractivity contribution in [2.45, 2.75) is 6.42 Å². The van der Waals surface area contributed by atoms with Gasteiger partial charge in [-0.1, -0.05) is 18.2 Å². The van der Waals surface area contributed by atoms with Gasteiger partial charge in [0, 0.05) is 30.2 Å². The van der Waals surface area contributed by atoms with E-state index in [0.717, 1.165) is 0 Å². The molecule has 0 atom stereocenters. The van der Waals surface area contributed by atoms with Crippen LogP contribution in [0.1, 0.15) is 15.9 Å². The molecule has 1 aromatic carbocycles. The number of pyridine rings is 1. The average Bonchev–Trinajstić information content (AvgIpc) is 3.05. The zero-order chi connectivity index (χ0) is 20.2. The number of nitrogens with one attached hydrogen (secondary N) is 1. The number of carbonyl (C=O) groups excluding carboxylic acids is 1. The van der Waals surface area contributed by atoms with E-state index >= 15 is 0 Å². The normalized spacial score (nSPS) is 10.4. The average molecular weight is 385 g/mol. The highest BCUT2D eigenvalue weighted by Gasteiger charge is 2.21. The molecule has 3 aromatic heterocycles. The van der Waals surface area contributed by atoms with Gasteiger partial charge in [-0.05, 0) is 12.1 Å². The van der Waals surface area contributed by atoms with Crippen molar-refractivity contribution < 1.29 is 9.53 Å². The van der Waals surface area contributed by atoms with Crippen molar-refractivity contribution in [2.24, 2.45) is 0 Å². The number of fused-ring (bicyclic) bond motifs is 1. The van der Waals surface area contributed by atoms with Crippen LogP contribution in [0.25, 0.3) is 5.65 Å². The van der Waals surface area contributed by atoms with Crippen LogP contribution in [0.3, 0.4) is 0 Å². The number of ether oxygens (including phenoxy) is 1. The lowest BCUT2D eigenvalue weighted by Gasteiger charge is -2.11. The summed E-state index contributed by atoms with van der Waals surface area (Å²) in [5, 5.41) is 15.7. The largest absolute Gasteiger partial charge is 0.455 e. The molecule has 9 nitrogen and oxygen atoms in total. The van der Waals surface area contributed by atoms with Gasteiger partial charge in [0.2, 0.25) is 0 Å². The predicted octanol–water partition coefficient (Wildman–Crippen LogP) is 2.82. The van der Waals surface area contributed by atoms with Crippen LogP contribution in [-0.2, 0) is 6.42 Å². The number of hydrogen-bond acceptors (Lipinski definition) is 7. The van der Waals surface area contributed by atoms with Crippen molar-refractivity contribution in [3.8, 4) is 17.6 Å². The highest BCUT2D eigenvalue weighted by Crippen LogP contribution is 2.29. The molecule has 0 fully saturated rings. The van der Waals surface area contributed by atoms with E-state index in [0.29, 0.717) is 22.7 Å². The molecule has 0 unspecified atom stereocenters. The second-order valence-corrected chi connectivity index (χ2v) is 6.07. The molecule has 0 bridgehead atoms. The standard InChI is InChI=1S/C20H15N7O2/c21-8-6-13-10-24-19-17(18(22)26-27(19)12-13)20(28)25-15-11-23-9-7-16(15)29-14-4-2-1-3-5-14/h1-5,7,9-12H,6H2,(H2,22,26)(H,25,28). The van der Waals surface area contributed by atoms with E-state index in [-0.39, 0.29) is 23.4 Å². The summed E-state index contributed by atoms with van der Waals surface area (Å²) in [6.45, 7) is 0. The molecule has 4 aromatic rings. The number of benzene rings is 1. The second-order valence-electron chi connectivity index (χ2n) is 6.07. The summed E-state index contributed by atoms with van der Waals surface area (Å²) in [6, 6.07) is 12.9. The first kappa shape index (κ1) is 17.9. The number of nitrogens with zero attached hydrogens (tertiary/aromatic N) is 5. The van der Waals surface area contributed by atoms with Gasteiger partial charge in [-0.15, -0.1) is 5.10 Å². The quantitative estimate of drug-likeness (QED) is 0.540. The maximum absolute atomic E-state index is 12.9. The summed E-state index contributed by atoms with van der Waals surface area (Å²) >= 11 is 0. The first-order valence-corrected chi connectivity index (χ1v) is 8.63. The number of carbonyl (C=O) groups is 1. The van der Waals surface area contributed by atoms with Gasteiger partial charge in [0.05, 0.1) is 18.7 Å². The van der Waals surface area contributed by atoms with Crippen LogP contribution in [0.15, 0.2) is 61.2 Å². The van der Waals surface area contributed by atoms with Gasteiger partial charge >= 0.3 is 0 Å². The predicted molar refractivity (Wildman–Crippen MR) is 105 cm³/mol. The molecule has 29 heavy (non-hydrogen) atoms. The van der Waals surface area contributed by atoms with Gasteiger partial charge in [0.1, 0.15) is 17.0 Å². The van der Waals surface area contributed by atoms with Crippen LogP contribution < -0.4 is 15.8 Å². The van der Waals surface area contributed by atoms with Crippen LogP contribution >= 0.6 is 0 Å². The first-order valence-electron chi connectivity index (χ1n) is 8.63. The Balaban J connectivity index is 1.64. The number of amides is 1. The summed E-state index contributed by atoms with van der Waals surface area (Å²) in [7, 11) is 0. The molecule has 0 spiro atoms. The monoisotopic (exact) mass is 385 g/mol. The van der Waals surface area contributed by atoms with Crippen molar-refractivity contribution in [3.05, 3.63) is 72.3 Å². The lowest BCUT2D eigenvalue weighted by molar-refractivity contribution is 0.102. The van der Waals surface area contributed by atoms with E-state index in [1.807, 2.05) is 24.3 Å². The lowest BCUT2D eigenvalue weighted by Crippen LogP contribution is -2.14. The number of anilines is 2. The summed E-state index contributed by atoms with van der Waals surface area (Å²) < 4.78 is 7.23. The van der Waals surface area contributed by atoms with Crippen molar-refractivity contribution in [1.82, 2.24) is 19.6 Å². The first-order chi connectivity index (χ1) is 14.2. The van der Waals surface area contributed by atoms with Gasteiger partial charge in [-0.25, -0.2) is 9.50 Å². The molecular formula is C20H15N7O2. The third-order valence-corrected chi connectivity index (χ3v) is 4.06. The zero-order valence-corrected chi connectivity index (χ0v) is 15.1. The molecule has 0 radical (unpaired) electrons.